The van der Waals surface area contributed by atoms with E-state index in [1.165, 1.54) is 12.1 Å². The number of hydrogen-bond acceptors (Lipinski definition) is 5. The normalized spacial score (nSPS) is 11.0. The summed E-state index contributed by atoms with van der Waals surface area (Å²) >= 11 is 0. The average Bonchev–Trinajstić information content (AvgIpc) is 2.78. The summed E-state index contributed by atoms with van der Waals surface area (Å²) in [7, 11) is 0. The highest BCUT2D eigenvalue weighted by Crippen LogP contribution is 2.15. The second-order valence-corrected chi connectivity index (χ2v) is 6.33. The number of amides is 1. The molecule has 0 saturated heterocycles. The Hall–Kier alpha value is -3.94. The Labute approximate surface area is 173 Å². The van der Waals surface area contributed by atoms with Crippen LogP contribution >= 0.6 is 0 Å². The van der Waals surface area contributed by atoms with Crippen molar-refractivity contribution in [2.75, 3.05) is 6.61 Å². The summed E-state index contributed by atoms with van der Waals surface area (Å²) in [5.41, 5.74) is 8.25. The van der Waals surface area contributed by atoms with Crippen molar-refractivity contribution in [3.63, 3.8) is 0 Å². The third kappa shape index (κ3) is 6.59. The van der Waals surface area contributed by atoms with Crippen LogP contribution in [0.1, 0.15) is 16.7 Å². The van der Waals surface area contributed by atoms with Gasteiger partial charge in [0.1, 0.15) is 18.2 Å². The van der Waals surface area contributed by atoms with E-state index in [0.717, 1.165) is 11.1 Å². The van der Waals surface area contributed by atoms with E-state index in [0.29, 0.717) is 17.9 Å². The summed E-state index contributed by atoms with van der Waals surface area (Å²) in [6.45, 7) is 0.343. The first kappa shape index (κ1) is 20.8. The molecule has 1 amide bonds. The number of amidine groups is 1. The van der Waals surface area contributed by atoms with Crippen molar-refractivity contribution in [2.24, 2.45) is 10.9 Å². The highest BCUT2D eigenvalue weighted by atomic mass is 19.1. The van der Waals surface area contributed by atoms with E-state index in [1.807, 2.05) is 12.1 Å². The minimum absolute atomic E-state index is 0.119. The fraction of sp³-hybridized carbons (Fsp3) is 0.136. The van der Waals surface area contributed by atoms with Gasteiger partial charge >= 0.3 is 0 Å². The SMILES string of the molecule is N/C(=N\OCC(=O)NCc1ccc(F)cc1)c1cccc(OCc2cccnc2)c1. The van der Waals surface area contributed by atoms with E-state index in [4.69, 9.17) is 15.3 Å². The molecule has 0 radical (unpaired) electrons. The molecule has 2 aromatic carbocycles. The Kier molecular flexibility index (Phi) is 7.32. The Morgan fingerprint density at radius 3 is 2.70 bits per heavy atom. The van der Waals surface area contributed by atoms with Crippen LogP contribution in [0.3, 0.4) is 0 Å². The van der Waals surface area contributed by atoms with E-state index in [-0.39, 0.29) is 30.7 Å². The van der Waals surface area contributed by atoms with Gasteiger partial charge in [-0.2, -0.15) is 0 Å². The van der Waals surface area contributed by atoms with Crippen LogP contribution in [-0.2, 0) is 22.8 Å². The second kappa shape index (κ2) is 10.6. The molecule has 0 saturated carbocycles. The predicted octanol–water partition coefficient (Wildman–Crippen LogP) is 2.75. The number of aromatic nitrogens is 1. The summed E-state index contributed by atoms with van der Waals surface area (Å²) in [5, 5.41) is 6.43. The summed E-state index contributed by atoms with van der Waals surface area (Å²) in [5.74, 6) is 0.0360. The molecule has 3 aromatic rings. The molecular weight excluding hydrogens is 387 g/mol. The lowest BCUT2D eigenvalue weighted by Crippen LogP contribution is -2.27. The zero-order valence-corrected chi connectivity index (χ0v) is 16.1. The van der Waals surface area contributed by atoms with Gasteiger partial charge in [0.2, 0.25) is 0 Å². The fourth-order valence-corrected chi connectivity index (χ4v) is 2.46. The average molecular weight is 408 g/mol. The number of carbonyl (C=O) groups is 1. The maximum atomic E-state index is 12.9. The maximum absolute atomic E-state index is 12.9. The van der Waals surface area contributed by atoms with Crippen molar-refractivity contribution in [3.8, 4) is 5.75 Å². The molecular formula is C22H21FN4O3. The fourth-order valence-electron chi connectivity index (χ4n) is 2.46. The quantitative estimate of drug-likeness (QED) is 0.322. The molecule has 30 heavy (non-hydrogen) atoms. The molecule has 1 aromatic heterocycles. The number of halogens is 1. The topological polar surface area (TPSA) is 98.8 Å². The number of rotatable bonds is 9. The molecule has 0 unspecified atom stereocenters. The number of nitrogens with one attached hydrogen (secondary N) is 1. The minimum atomic E-state index is -0.371. The van der Waals surface area contributed by atoms with Crippen molar-refractivity contribution in [3.05, 3.63) is 95.6 Å². The van der Waals surface area contributed by atoms with Crippen LogP contribution in [-0.4, -0.2) is 23.3 Å². The van der Waals surface area contributed by atoms with E-state index in [2.05, 4.69) is 15.5 Å². The van der Waals surface area contributed by atoms with Gasteiger partial charge in [0.15, 0.2) is 12.4 Å². The summed E-state index contributed by atoms with van der Waals surface area (Å²) in [6.07, 6.45) is 3.43. The highest BCUT2D eigenvalue weighted by Gasteiger charge is 2.05. The number of pyridine rings is 1. The standard InChI is InChI=1S/C22H21FN4O3/c23-19-8-6-16(7-9-19)13-26-21(28)15-30-27-22(24)18-4-1-5-20(11-18)29-14-17-3-2-10-25-12-17/h1-12H,13-15H2,(H2,24,27)(H,26,28). The predicted molar refractivity (Wildman–Crippen MR) is 110 cm³/mol. The Balaban J connectivity index is 1.46. The largest absolute Gasteiger partial charge is 0.489 e. The van der Waals surface area contributed by atoms with Gasteiger partial charge in [0.25, 0.3) is 5.91 Å². The number of oxime groups is 1. The van der Waals surface area contributed by atoms with Crippen LogP contribution in [0.4, 0.5) is 4.39 Å². The van der Waals surface area contributed by atoms with Gasteiger partial charge in [0, 0.05) is 30.1 Å². The molecule has 3 rings (SSSR count). The molecule has 0 spiro atoms. The van der Waals surface area contributed by atoms with Crippen molar-refractivity contribution in [2.45, 2.75) is 13.2 Å². The first-order chi connectivity index (χ1) is 14.6. The second-order valence-electron chi connectivity index (χ2n) is 6.33. The monoisotopic (exact) mass is 408 g/mol. The van der Waals surface area contributed by atoms with Gasteiger partial charge in [-0.05, 0) is 35.9 Å². The molecule has 0 fully saturated rings. The summed E-state index contributed by atoms with van der Waals surface area (Å²) in [4.78, 5) is 20.9. The zero-order chi connectivity index (χ0) is 21.2. The van der Waals surface area contributed by atoms with E-state index >= 15 is 0 Å². The van der Waals surface area contributed by atoms with Gasteiger partial charge < -0.3 is 20.6 Å². The number of hydrogen-bond donors (Lipinski definition) is 2. The van der Waals surface area contributed by atoms with Crippen LogP contribution in [0.2, 0.25) is 0 Å². The maximum Gasteiger partial charge on any atom is 0.261 e. The van der Waals surface area contributed by atoms with Gasteiger partial charge in [-0.25, -0.2) is 4.39 Å². The lowest BCUT2D eigenvalue weighted by Gasteiger charge is -2.08. The zero-order valence-electron chi connectivity index (χ0n) is 16.1. The number of ether oxygens (including phenoxy) is 1. The number of benzene rings is 2. The van der Waals surface area contributed by atoms with Crippen LogP contribution in [0, 0.1) is 5.82 Å². The van der Waals surface area contributed by atoms with Gasteiger partial charge in [-0.3, -0.25) is 9.78 Å². The van der Waals surface area contributed by atoms with Crippen LogP contribution < -0.4 is 15.8 Å². The molecule has 1 heterocycles. The van der Waals surface area contributed by atoms with Gasteiger partial charge in [-0.1, -0.05) is 35.5 Å². The minimum Gasteiger partial charge on any atom is -0.489 e. The van der Waals surface area contributed by atoms with Crippen molar-refractivity contribution < 1.29 is 18.8 Å². The smallest absolute Gasteiger partial charge is 0.261 e. The van der Waals surface area contributed by atoms with Crippen LogP contribution in [0.5, 0.6) is 5.75 Å². The Bertz CT molecular complexity index is 995. The Morgan fingerprint density at radius 1 is 1.10 bits per heavy atom. The van der Waals surface area contributed by atoms with Gasteiger partial charge in [-0.15, -0.1) is 0 Å². The molecule has 8 heteroatoms. The van der Waals surface area contributed by atoms with Crippen molar-refractivity contribution >= 4 is 11.7 Å². The summed E-state index contributed by atoms with van der Waals surface area (Å²) < 4.78 is 18.6. The Morgan fingerprint density at radius 2 is 1.93 bits per heavy atom. The molecule has 154 valence electrons. The van der Waals surface area contributed by atoms with Crippen molar-refractivity contribution in [1.29, 1.82) is 0 Å². The lowest BCUT2D eigenvalue weighted by molar-refractivity contribution is -0.125. The first-order valence-corrected chi connectivity index (χ1v) is 9.19. The van der Waals surface area contributed by atoms with Gasteiger partial charge in [0.05, 0.1) is 0 Å². The van der Waals surface area contributed by atoms with E-state index < -0.39 is 0 Å². The van der Waals surface area contributed by atoms with E-state index in [1.54, 1.807) is 48.8 Å². The van der Waals surface area contributed by atoms with Crippen molar-refractivity contribution in [1.82, 2.24) is 10.3 Å². The molecule has 0 aliphatic carbocycles. The van der Waals surface area contributed by atoms with Crippen LogP contribution in [0.25, 0.3) is 0 Å². The first-order valence-electron chi connectivity index (χ1n) is 9.19. The molecule has 7 nitrogen and oxygen atoms in total. The molecule has 0 atom stereocenters. The van der Waals surface area contributed by atoms with Crippen LogP contribution in [0.15, 0.2) is 78.2 Å². The van der Waals surface area contributed by atoms with E-state index in [9.17, 15) is 9.18 Å². The third-order valence-corrected chi connectivity index (χ3v) is 4.02. The molecule has 0 bridgehead atoms. The highest BCUT2D eigenvalue weighted by molar-refractivity contribution is 5.97. The molecule has 0 aliphatic rings. The molecule has 3 N–H and O–H groups in total. The third-order valence-electron chi connectivity index (χ3n) is 4.02. The summed E-state index contributed by atoms with van der Waals surface area (Å²) in [6, 6.07) is 16.7. The molecule has 0 aliphatic heterocycles. The number of nitrogens with zero attached hydrogens (tertiary/aromatic N) is 2. The lowest BCUT2D eigenvalue weighted by atomic mass is 10.2. The number of carbonyl (C=O) groups excluding carboxylic acids is 1. The number of nitrogens with two attached hydrogens (primary N) is 1.